The molecule has 0 aromatic carbocycles. The Hall–Kier alpha value is -0.628. The van der Waals surface area contributed by atoms with E-state index in [4.69, 9.17) is 13.7 Å². The summed E-state index contributed by atoms with van der Waals surface area (Å²) in [5.41, 5.74) is 0.168. The Morgan fingerprint density at radius 1 is 1.34 bits per heavy atom. The summed E-state index contributed by atoms with van der Waals surface area (Å²) >= 11 is 0. The first kappa shape index (κ1) is 23.0. The number of allylic oxidation sites excluding steroid dienone is 1. The predicted octanol–water partition coefficient (Wildman–Crippen LogP) is 5.14. The third kappa shape index (κ3) is 4.39. The summed E-state index contributed by atoms with van der Waals surface area (Å²) in [5.74, 6) is 0.457. The third-order valence-electron chi connectivity index (χ3n) is 8.17. The van der Waals surface area contributed by atoms with Gasteiger partial charge in [-0.1, -0.05) is 46.8 Å². The van der Waals surface area contributed by atoms with E-state index in [-0.39, 0.29) is 30.3 Å². The molecule has 4 rings (SSSR count). The lowest BCUT2D eigenvalue weighted by atomic mass is 9.45. The van der Waals surface area contributed by atoms with E-state index in [0.717, 1.165) is 12.3 Å². The summed E-state index contributed by atoms with van der Waals surface area (Å²) in [5, 5.41) is 9.34. The normalized spacial score (nSPS) is 34.8. The van der Waals surface area contributed by atoms with Crippen molar-refractivity contribution < 1.29 is 23.6 Å². The van der Waals surface area contributed by atoms with Crippen LogP contribution in [0, 0.1) is 17.3 Å². The molecule has 2 bridgehead atoms. The summed E-state index contributed by atoms with van der Waals surface area (Å²) in [4.78, 5) is 11.3. The number of hydrogen-bond donors (Lipinski definition) is 1. The molecule has 1 heterocycles. The van der Waals surface area contributed by atoms with Gasteiger partial charge in [-0.2, -0.15) is 0 Å². The molecule has 5 atom stereocenters. The largest absolute Gasteiger partial charge is 0.481 e. The van der Waals surface area contributed by atoms with Gasteiger partial charge in [0.15, 0.2) is 8.32 Å². The van der Waals surface area contributed by atoms with Crippen molar-refractivity contribution >= 4 is 21.4 Å². The standard InChI is InChI=1S/C22H39BO5Si/c1-20(2,3)29(7,8)27-16(13-18(24)25)10-9-11-23-26-19-17-12-15(21(17,4)5)14-22(19,6)28-23/h9-10,15-17,19H,11-14H2,1-8H3,(H,24,25)/t15-,16?,17+,19-,22+/m1/s1. The molecule has 5 nitrogen and oxygen atoms in total. The summed E-state index contributed by atoms with van der Waals surface area (Å²) in [6.07, 6.45) is 6.56. The molecule has 1 unspecified atom stereocenters. The fourth-order valence-electron chi connectivity index (χ4n) is 5.11. The highest BCUT2D eigenvalue weighted by atomic mass is 28.4. The van der Waals surface area contributed by atoms with E-state index < -0.39 is 20.4 Å². The Kier molecular flexibility index (Phi) is 5.96. The van der Waals surface area contributed by atoms with Crippen LogP contribution in [0.25, 0.3) is 0 Å². The van der Waals surface area contributed by atoms with Crippen LogP contribution in [0.3, 0.4) is 0 Å². The Balaban J connectivity index is 1.61. The zero-order valence-corrected chi connectivity index (χ0v) is 20.5. The maximum absolute atomic E-state index is 11.3. The van der Waals surface area contributed by atoms with Crippen LogP contribution in [-0.4, -0.2) is 44.3 Å². The quantitative estimate of drug-likeness (QED) is 0.455. The fraction of sp³-hybridized carbons (Fsp3) is 0.864. The maximum atomic E-state index is 11.3. The van der Waals surface area contributed by atoms with Crippen LogP contribution < -0.4 is 0 Å². The minimum absolute atomic E-state index is 0.0202. The molecule has 0 spiro atoms. The van der Waals surface area contributed by atoms with Crippen molar-refractivity contribution in [2.75, 3.05) is 0 Å². The Labute approximate surface area is 177 Å². The molecule has 0 amide bonds. The summed E-state index contributed by atoms with van der Waals surface area (Å²) in [7, 11) is -2.31. The van der Waals surface area contributed by atoms with Gasteiger partial charge < -0.3 is 18.8 Å². The van der Waals surface area contributed by atoms with Gasteiger partial charge in [0.05, 0.1) is 24.2 Å². The number of carboxylic acid groups (broad SMARTS) is 1. The first-order valence-electron chi connectivity index (χ1n) is 11.1. The molecule has 0 aromatic heterocycles. The first-order valence-corrected chi connectivity index (χ1v) is 14.0. The zero-order valence-electron chi connectivity index (χ0n) is 19.5. The molecule has 1 N–H and O–H groups in total. The van der Waals surface area contributed by atoms with Crippen LogP contribution >= 0.6 is 0 Å². The van der Waals surface area contributed by atoms with Crippen LogP contribution in [0.1, 0.15) is 60.8 Å². The van der Waals surface area contributed by atoms with E-state index in [0.29, 0.717) is 17.7 Å². The van der Waals surface area contributed by atoms with E-state index in [1.54, 1.807) is 0 Å². The van der Waals surface area contributed by atoms with Gasteiger partial charge in [-0.15, -0.1) is 0 Å². The zero-order chi connectivity index (χ0) is 21.8. The molecule has 3 aliphatic carbocycles. The van der Waals surface area contributed by atoms with Crippen LogP contribution in [0.4, 0.5) is 0 Å². The molecule has 0 radical (unpaired) electrons. The van der Waals surface area contributed by atoms with E-state index in [9.17, 15) is 9.90 Å². The summed E-state index contributed by atoms with van der Waals surface area (Å²) < 4.78 is 19.0. The van der Waals surface area contributed by atoms with E-state index in [1.807, 2.05) is 12.2 Å². The van der Waals surface area contributed by atoms with Gasteiger partial charge in [-0.25, -0.2) is 0 Å². The van der Waals surface area contributed by atoms with Gasteiger partial charge in [0, 0.05) is 6.32 Å². The van der Waals surface area contributed by atoms with Crippen molar-refractivity contribution in [3.05, 3.63) is 12.2 Å². The number of hydrogen-bond acceptors (Lipinski definition) is 4. The molecule has 29 heavy (non-hydrogen) atoms. The average Bonchev–Trinajstić information content (AvgIpc) is 2.88. The van der Waals surface area contributed by atoms with Crippen LogP contribution in [0.5, 0.6) is 0 Å². The average molecular weight is 422 g/mol. The van der Waals surface area contributed by atoms with E-state index >= 15 is 0 Å². The molecule has 1 saturated heterocycles. The van der Waals surface area contributed by atoms with Crippen molar-refractivity contribution in [3.8, 4) is 0 Å². The van der Waals surface area contributed by atoms with Gasteiger partial charge in [0.1, 0.15) is 0 Å². The molecular weight excluding hydrogens is 383 g/mol. The highest BCUT2D eigenvalue weighted by molar-refractivity contribution is 6.74. The molecule has 3 saturated carbocycles. The minimum Gasteiger partial charge on any atom is -0.481 e. The highest BCUT2D eigenvalue weighted by Crippen LogP contribution is 2.64. The van der Waals surface area contributed by atoms with Crippen molar-refractivity contribution in [1.29, 1.82) is 0 Å². The number of rotatable bonds is 7. The molecule has 164 valence electrons. The van der Waals surface area contributed by atoms with Gasteiger partial charge in [0.25, 0.3) is 0 Å². The molecule has 1 aliphatic heterocycles. The molecule has 7 heteroatoms. The Morgan fingerprint density at radius 3 is 2.55 bits per heavy atom. The van der Waals surface area contributed by atoms with Crippen molar-refractivity contribution in [2.45, 2.75) is 103 Å². The number of carboxylic acids is 1. The fourth-order valence-corrected chi connectivity index (χ4v) is 6.39. The molecular formula is C22H39BO5Si. The minimum atomic E-state index is -2.05. The van der Waals surface area contributed by atoms with Crippen LogP contribution in [0.15, 0.2) is 12.2 Å². The van der Waals surface area contributed by atoms with E-state index in [1.165, 1.54) is 6.42 Å². The lowest BCUT2D eigenvalue weighted by Crippen LogP contribution is -2.63. The Morgan fingerprint density at radius 2 is 2.00 bits per heavy atom. The molecule has 4 aliphatic rings. The van der Waals surface area contributed by atoms with Crippen LogP contribution in [-0.2, 0) is 18.5 Å². The monoisotopic (exact) mass is 422 g/mol. The maximum Gasteiger partial charge on any atom is 0.461 e. The second-order valence-corrected chi connectivity index (χ2v) is 16.4. The third-order valence-corrected chi connectivity index (χ3v) is 12.7. The number of carbonyl (C=O) groups is 1. The van der Waals surface area contributed by atoms with Crippen LogP contribution in [0.2, 0.25) is 24.5 Å². The lowest BCUT2D eigenvalue weighted by molar-refractivity contribution is -0.185. The molecule has 0 aromatic rings. The molecule has 4 fully saturated rings. The summed E-state index contributed by atoms with van der Waals surface area (Å²) in [6, 6.07) is 0. The first-order chi connectivity index (χ1) is 13.2. The summed E-state index contributed by atoms with van der Waals surface area (Å²) in [6.45, 7) is 17.7. The lowest BCUT2D eigenvalue weighted by Gasteiger charge is -2.63. The number of aliphatic carboxylic acids is 1. The second kappa shape index (κ2) is 7.50. The smallest absolute Gasteiger partial charge is 0.461 e. The van der Waals surface area contributed by atoms with Gasteiger partial charge in [-0.3, -0.25) is 4.79 Å². The van der Waals surface area contributed by atoms with Gasteiger partial charge >= 0.3 is 13.1 Å². The second-order valence-electron chi connectivity index (χ2n) is 11.7. The SMILES string of the molecule is CC1(C)[C@@H]2C[C@H]1[C@H]1OB(CC=CC(CC(=O)O)O[Si](C)(C)C(C)(C)C)O[C@@]1(C)C2. The van der Waals surface area contributed by atoms with Gasteiger partial charge in [0.2, 0.25) is 0 Å². The highest BCUT2D eigenvalue weighted by Gasteiger charge is 2.66. The van der Waals surface area contributed by atoms with Crippen molar-refractivity contribution in [2.24, 2.45) is 17.3 Å². The van der Waals surface area contributed by atoms with Crippen molar-refractivity contribution in [1.82, 2.24) is 0 Å². The Bertz CT molecular complexity index is 671. The van der Waals surface area contributed by atoms with Gasteiger partial charge in [-0.05, 0) is 55.1 Å². The van der Waals surface area contributed by atoms with E-state index in [2.05, 4.69) is 54.6 Å². The van der Waals surface area contributed by atoms with Crippen molar-refractivity contribution in [3.63, 3.8) is 0 Å². The predicted molar refractivity (Wildman–Crippen MR) is 118 cm³/mol. The topological polar surface area (TPSA) is 65.0 Å².